The van der Waals surface area contributed by atoms with Gasteiger partial charge in [-0.25, -0.2) is 0 Å². The number of amides is 1. The molecule has 98 valence electrons. The van der Waals surface area contributed by atoms with Crippen molar-refractivity contribution in [2.24, 2.45) is 5.73 Å². The number of carbonyl (C=O) groups excluding carboxylic acids is 1. The Balaban J connectivity index is 2.01. The van der Waals surface area contributed by atoms with Crippen molar-refractivity contribution in [3.63, 3.8) is 0 Å². The molecule has 4 N–H and O–H groups in total. The molecule has 18 heavy (non-hydrogen) atoms. The van der Waals surface area contributed by atoms with Crippen molar-refractivity contribution in [1.29, 1.82) is 0 Å². The molecule has 0 aromatic heterocycles. The molecule has 0 unspecified atom stereocenters. The lowest BCUT2D eigenvalue weighted by molar-refractivity contribution is 0.1000. The number of rotatable bonds is 5. The summed E-state index contributed by atoms with van der Waals surface area (Å²) in [5.74, 6) is -0.408. The van der Waals surface area contributed by atoms with Gasteiger partial charge in [-0.1, -0.05) is 25.0 Å². The van der Waals surface area contributed by atoms with E-state index >= 15 is 0 Å². The maximum atomic E-state index is 11.1. The number of primary amides is 1. The van der Waals surface area contributed by atoms with Crippen LogP contribution in [0.3, 0.4) is 0 Å². The van der Waals surface area contributed by atoms with Gasteiger partial charge >= 0.3 is 0 Å². The van der Waals surface area contributed by atoms with Crippen LogP contribution in [0.4, 0.5) is 0 Å². The van der Waals surface area contributed by atoms with Gasteiger partial charge in [0, 0.05) is 17.6 Å². The molecular weight excluding hydrogens is 228 g/mol. The van der Waals surface area contributed by atoms with Gasteiger partial charge in [0.1, 0.15) is 0 Å². The summed E-state index contributed by atoms with van der Waals surface area (Å²) in [5.41, 5.74) is 6.66. The third-order valence-electron chi connectivity index (χ3n) is 3.74. The smallest absolute Gasteiger partial charge is 0.248 e. The van der Waals surface area contributed by atoms with Gasteiger partial charge in [-0.3, -0.25) is 4.79 Å². The van der Waals surface area contributed by atoms with Crippen LogP contribution < -0.4 is 11.1 Å². The zero-order valence-corrected chi connectivity index (χ0v) is 10.5. The largest absolute Gasteiger partial charge is 0.394 e. The average molecular weight is 248 g/mol. The summed E-state index contributed by atoms with van der Waals surface area (Å²) >= 11 is 0. The Morgan fingerprint density at radius 1 is 1.39 bits per heavy atom. The number of aliphatic hydroxyl groups is 1. The molecule has 0 spiro atoms. The first kappa shape index (κ1) is 13.1. The maximum absolute atomic E-state index is 11.1. The highest BCUT2D eigenvalue weighted by Crippen LogP contribution is 2.29. The number of hydrogen-bond donors (Lipinski definition) is 3. The van der Waals surface area contributed by atoms with Gasteiger partial charge in [0.15, 0.2) is 0 Å². The molecule has 4 heteroatoms. The average Bonchev–Trinajstić information content (AvgIpc) is 2.86. The summed E-state index contributed by atoms with van der Waals surface area (Å²) in [6.45, 7) is 0.824. The lowest BCUT2D eigenvalue weighted by atomic mass is 9.98. The summed E-state index contributed by atoms with van der Waals surface area (Å²) in [5, 5.41) is 12.9. The molecule has 4 nitrogen and oxygen atoms in total. The Morgan fingerprint density at radius 2 is 2.11 bits per heavy atom. The van der Waals surface area contributed by atoms with Crippen molar-refractivity contribution in [2.75, 3.05) is 6.61 Å². The van der Waals surface area contributed by atoms with Crippen LogP contribution in [0.5, 0.6) is 0 Å². The van der Waals surface area contributed by atoms with Gasteiger partial charge in [-0.2, -0.15) is 0 Å². The van der Waals surface area contributed by atoms with E-state index in [0.29, 0.717) is 12.1 Å². The van der Waals surface area contributed by atoms with Crippen LogP contribution >= 0.6 is 0 Å². The van der Waals surface area contributed by atoms with Crippen molar-refractivity contribution in [2.45, 2.75) is 37.8 Å². The summed E-state index contributed by atoms with van der Waals surface area (Å²) in [6.07, 6.45) is 4.35. The molecule has 2 rings (SSSR count). The fraction of sp³-hybridized carbons (Fsp3) is 0.500. The van der Waals surface area contributed by atoms with E-state index < -0.39 is 5.91 Å². The van der Waals surface area contributed by atoms with Crippen LogP contribution in [0.25, 0.3) is 0 Å². The van der Waals surface area contributed by atoms with E-state index in [1.807, 2.05) is 12.1 Å². The molecule has 1 amide bonds. The number of nitrogens with two attached hydrogens (primary N) is 1. The highest BCUT2D eigenvalue weighted by molar-refractivity contribution is 5.92. The minimum atomic E-state index is -0.408. The predicted molar refractivity (Wildman–Crippen MR) is 70.1 cm³/mol. The van der Waals surface area contributed by atoms with Crippen molar-refractivity contribution in [1.82, 2.24) is 5.32 Å². The second kappa shape index (κ2) is 5.50. The molecule has 1 aromatic carbocycles. The van der Waals surface area contributed by atoms with E-state index in [1.165, 1.54) is 0 Å². The summed E-state index contributed by atoms with van der Waals surface area (Å²) in [7, 11) is 0. The molecule has 0 saturated heterocycles. The topological polar surface area (TPSA) is 75.4 Å². The second-order valence-corrected chi connectivity index (χ2v) is 5.06. The number of aliphatic hydroxyl groups excluding tert-OH is 1. The van der Waals surface area contributed by atoms with E-state index in [1.54, 1.807) is 12.1 Å². The zero-order valence-electron chi connectivity index (χ0n) is 10.5. The number of nitrogens with one attached hydrogen (secondary N) is 1. The number of benzene rings is 1. The van der Waals surface area contributed by atoms with Crippen LogP contribution in [0.2, 0.25) is 0 Å². The molecule has 0 radical (unpaired) electrons. The minimum absolute atomic E-state index is 0.136. The maximum Gasteiger partial charge on any atom is 0.248 e. The van der Waals surface area contributed by atoms with Crippen LogP contribution in [-0.2, 0) is 6.54 Å². The summed E-state index contributed by atoms with van der Waals surface area (Å²) in [4.78, 5) is 11.1. The zero-order chi connectivity index (χ0) is 13.0. The van der Waals surface area contributed by atoms with Gasteiger partial charge in [0.05, 0.1) is 6.61 Å². The quantitative estimate of drug-likeness (QED) is 0.732. The fourth-order valence-electron chi connectivity index (χ4n) is 2.57. The summed E-state index contributed by atoms with van der Waals surface area (Å²) < 4.78 is 0. The van der Waals surface area contributed by atoms with Crippen LogP contribution in [0.1, 0.15) is 41.6 Å². The van der Waals surface area contributed by atoms with Gasteiger partial charge in [0.2, 0.25) is 5.91 Å². The fourth-order valence-corrected chi connectivity index (χ4v) is 2.57. The van der Waals surface area contributed by atoms with Crippen molar-refractivity contribution in [3.8, 4) is 0 Å². The SMILES string of the molecule is NC(=O)c1cccc(CNC2(CO)CCCC2)c1. The standard InChI is InChI=1S/C14H20N2O2/c15-13(18)12-5-3-4-11(8-12)9-16-14(10-17)6-1-2-7-14/h3-5,8,16-17H,1-2,6-7,9-10H2,(H2,15,18). The Labute approximate surface area is 107 Å². The van der Waals surface area contributed by atoms with Gasteiger partial charge in [-0.05, 0) is 30.5 Å². The Kier molecular flexibility index (Phi) is 3.99. The number of carbonyl (C=O) groups is 1. The third-order valence-corrected chi connectivity index (χ3v) is 3.74. The molecule has 0 atom stereocenters. The van der Waals surface area contributed by atoms with Crippen molar-refractivity contribution in [3.05, 3.63) is 35.4 Å². The molecular formula is C14H20N2O2. The summed E-state index contributed by atoms with van der Waals surface area (Å²) in [6, 6.07) is 7.30. The van der Waals surface area contributed by atoms with Gasteiger partial charge in [0.25, 0.3) is 0 Å². The van der Waals surface area contributed by atoms with Gasteiger partial charge < -0.3 is 16.2 Å². The Bertz CT molecular complexity index is 426. The van der Waals surface area contributed by atoms with E-state index in [2.05, 4.69) is 5.32 Å². The minimum Gasteiger partial charge on any atom is -0.394 e. The van der Waals surface area contributed by atoms with Crippen LogP contribution in [-0.4, -0.2) is 23.2 Å². The Morgan fingerprint density at radius 3 is 2.72 bits per heavy atom. The third kappa shape index (κ3) is 2.89. The molecule has 1 fully saturated rings. The van der Waals surface area contributed by atoms with E-state index in [4.69, 9.17) is 5.73 Å². The normalized spacial score (nSPS) is 17.8. The molecule has 1 saturated carbocycles. The van der Waals surface area contributed by atoms with E-state index in [-0.39, 0.29) is 12.1 Å². The second-order valence-electron chi connectivity index (χ2n) is 5.06. The monoisotopic (exact) mass is 248 g/mol. The number of hydrogen-bond acceptors (Lipinski definition) is 3. The molecule has 0 heterocycles. The van der Waals surface area contributed by atoms with Crippen molar-refractivity contribution < 1.29 is 9.90 Å². The van der Waals surface area contributed by atoms with Crippen molar-refractivity contribution >= 4 is 5.91 Å². The first-order valence-electron chi connectivity index (χ1n) is 6.40. The molecule has 1 aromatic rings. The molecule has 1 aliphatic carbocycles. The van der Waals surface area contributed by atoms with Gasteiger partial charge in [-0.15, -0.1) is 0 Å². The lowest BCUT2D eigenvalue weighted by Crippen LogP contribution is -2.45. The first-order chi connectivity index (χ1) is 8.65. The van der Waals surface area contributed by atoms with E-state index in [0.717, 1.165) is 31.2 Å². The van der Waals surface area contributed by atoms with E-state index in [9.17, 15) is 9.90 Å². The molecule has 1 aliphatic rings. The molecule has 0 aliphatic heterocycles. The lowest BCUT2D eigenvalue weighted by Gasteiger charge is -2.28. The van der Waals surface area contributed by atoms with Crippen LogP contribution in [0, 0.1) is 0 Å². The highest BCUT2D eigenvalue weighted by Gasteiger charge is 2.32. The first-order valence-corrected chi connectivity index (χ1v) is 6.40. The molecule has 0 bridgehead atoms. The predicted octanol–water partition coefficient (Wildman–Crippen LogP) is 1.18. The highest BCUT2D eigenvalue weighted by atomic mass is 16.3. The Hall–Kier alpha value is -1.39. The van der Waals surface area contributed by atoms with Crippen LogP contribution in [0.15, 0.2) is 24.3 Å².